The van der Waals surface area contributed by atoms with Crippen molar-refractivity contribution >= 4 is 22.6 Å². The molecule has 0 aliphatic heterocycles. The molecule has 0 amide bonds. The lowest BCUT2D eigenvalue weighted by atomic mass is 10.0. The molecule has 1 aromatic heterocycles. The number of aromatic nitrogens is 1. The highest BCUT2D eigenvalue weighted by Crippen LogP contribution is 2.27. The van der Waals surface area contributed by atoms with Gasteiger partial charge in [-0.2, -0.15) is 0 Å². The molecule has 1 unspecified atom stereocenters. The number of hydrogen-bond acceptors (Lipinski definition) is 4. The quantitative estimate of drug-likeness (QED) is 0.458. The molecule has 0 spiro atoms. The summed E-state index contributed by atoms with van der Waals surface area (Å²) in [4.78, 5) is 4.24. The average Bonchev–Trinajstić information content (AvgIpc) is 2.48. The van der Waals surface area contributed by atoms with Crippen molar-refractivity contribution in [2.24, 2.45) is 5.84 Å². The van der Waals surface area contributed by atoms with Gasteiger partial charge in [-0.1, -0.05) is 25.1 Å². The third-order valence-electron chi connectivity index (χ3n) is 2.92. The van der Waals surface area contributed by atoms with E-state index in [-0.39, 0.29) is 6.04 Å². The fourth-order valence-electron chi connectivity index (χ4n) is 1.97. The van der Waals surface area contributed by atoms with E-state index in [0.717, 1.165) is 26.9 Å². The molecule has 0 saturated heterocycles. The van der Waals surface area contributed by atoms with E-state index in [1.54, 1.807) is 6.20 Å². The fourth-order valence-corrected chi connectivity index (χ4v) is 2.67. The Morgan fingerprint density at radius 3 is 2.85 bits per heavy atom. The Morgan fingerprint density at radius 1 is 1.35 bits per heavy atom. The maximum absolute atomic E-state index is 5.73. The zero-order valence-electron chi connectivity index (χ0n) is 11.3. The van der Waals surface area contributed by atoms with Crippen molar-refractivity contribution in [2.45, 2.75) is 19.4 Å². The minimum atomic E-state index is -0.0965. The van der Waals surface area contributed by atoms with Gasteiger partial charge in [-0.15, -0.1) is 0 Å². The van der Waals surface area contributed by atoms with Crippen molar-refractivity contribution in [1.82, 2.24) is 10.4 Å². The van der Waals surface area contributed by atoms with Gasteiger partial charge in [0.05, 0.1) is 18.8 Å². The number of halogens is 1. The van der Waals surface area contributed by atoms with E-state index in [9.17, 15) is 0 Å². The molecular weight excluding hydrogens is 365 g/mol. The molecule has 2 aromatic rings. The first kappa shape index (κ1) is 15.2. The number of benzene rings is 1. The zero-order valence-corrected chi connectivity index (χ0v) is 13.5. The number of hydrazine groups is 1. The number of ether oxygens (including phenoxy) is 1. The zero-order chi connectivity index (χ0) is 14.4. The lowest BCUT2D eigenvalue weighted by Gasteiger charge is -2.18. The van der Waals surface area contributed by atoms with Gasteiger partial charge in [0.25, 0.3) is 0 Å². The summed E-state index contributed by atoms with van der Waals surface area (Å²) in [6.45, 7) is 2.77. The second kappa shape index (κ2) is 7.56. The average molecular weight is 383 g/mol. The van der Waals surface area contributed by atoms with Gasteiger partial charge in [0, 0.05) is 9.77 Å². The van der Waals surface area contributed by atoms with E-state index in [4.69, 9.17) is 10.6 Å². The van der Waals surface area contributed by atoms with Crippen LogP contribution in [0.25, 0.3) is 0 Å². The summed E-state index contributed by atoms with van der Waals surface area (Å²) in [7, 11) is 0. The molecule has 2 rings (SSSR count). The number of pyridine rings is 1. The molecule has 106 valence electrons. The summed E-state index contributed by atoms with van der Waals surface area (Å²) in [5.74, 6) is 6.51. The van der Waals surface area contributed by atoms with Gasteiger partial charge in [0.2, 0.25) is 0 Å². The van der Waals surface area contributed by atoms with Crippen LogP contribution in [-0.4, -0.2) is 11.6 Å². The molecule has 0 bridgehead atoms. The van der Waals surface area contributed by atoms with Gasteiger partial charge in [0.1, 0.15) is 5.75 Å². The molecule has 4 nitrogen and oxygen atoms in total. The number of rotatable bonds is 6. The largest absolute Gasteiger partial charge is 0.492 e. The maximum atomic E-state index is 5.73. The molecule has 0 saturated carbocycles. The van der Waals surface area contributed by atoms with Crippen molar-refractivity contribution in [3.05, 3.63) is 57.4 Å². The first-order valence-corrected chi connectivity index (χ1v) is 7.62. The van der Waals surface area contributed by atoms with Crippen LogP contribution in [0, 0.1) is 3.57 Å². The van der Waals surface area contributed by atoms with Gasteiger partial charge < -0.3 is 4.74 Å². The molecule has 20 heavy (non-hydrogen) atoms. The Balaban J connectivity index is 2.30. The van der Waals surface area contributed by atoms with E-state index >= 15 is 0 Å². The van der Waals surface area contributed by atoms with Crippen molar-refractivity contribution < 1.29 is 4.74 Å². The second-order valence-electron chi connectivity index (χ2n) is 4.42. The fraction of sp³-hybridized carbons (Fsp3) is 0.267. The third-order valence-corrected chi connectivity index (χ3v) is 3.91. The monoisotopic (exact) mass is 383 g/mol. The van der Waals surface area contributed by atoms with Gasteiger partial charge in [-0.3, -0.25) is 10.8 Å². The van der Waals surface area contributed by atoms with E-state index in [2.05, 4.69) is 52.1 Å². The number of nitrogens with one attached hydrogen (secondary N) is 1. The lowest BCUT2D eigenvalue weighted by Crippen LogP contribution is -2.29. The van der Waals surface area contributed by atoms with Crippen LogP contribution in [0.1, 0.15) is 30.5 Å². The van der Waals surface area contributed by atoms with Crippen LogP contribution >= 0.6 is 22.6 Å². The molecular formula is C15H18IN3O. The highest BCUT2D eigenvalue weighted by molar-refractivity contribution is 14.1. The van der Waals surface area contributed by atoms with Crippen molar-refractivity contribution in [3.8, 4) is 5.75 Å². The lowest BCUT2D eigenvalue weighted by molar-refractivity contribution is 0.315. The minimum Gasteiger partial charge on any atom is -0.492 e. The Hall–Kier alpha value is -1.18. The highest BCUT2D eigenvalue weighted by Gasteiger charge is 2.16. The smallest absolute Gasteiger partial charge is 0.137 e. The Labute approximate surface area is 132 Å². The molecule has 0 aliphatic rings. The van der Waals surface area contributed by atoms with Crippen LogP contribution in [0.4, 0.5) is 0 Å². The van der Waals surface area contributed by atoms with Crippen LogP contribution in [0.3, 0.4) is 0 Å². The van der Waals surface area contributed by atoms with E-state index in [0.29, 0.717) is 6.61 Å². The summed E-state index contributed by atoms with van der Waals surface area (Å²) >= 11 is 2.31. The van der Waals surface area contributed by atoms with E-state index in [1.807, 2.05) is 24.4 Å². The summed E-state index contributed by atoms with van der Waals surface area (Å²) < 4.78 is 6.78. The third kappa shape index (κ3) is 3.68. The van der Waals surface area contributed by atoms with E-state index in [1.165, 1.54) is 0 Å². The van der Waals surface area contributed by atoms with Gasteiger partial charge >= 0.3 is 0 Å². The molecule has 0 aliphatic carbocycles. The number of nitrogens with two attached hydrogens (primary N) is 1. The number of nitrogens with zero attached hydrogens (tertiary/aromatic N) is 1. The standard InChI is InChI=1S/C15H18IN3O/c1-2-7-20-12-8-11(9-18-10-12)15(19-17)13-5-3-4-6-14(13)16/h3-6,8-10,15,19H,2,7,17H2,1H3. The summed E-state index contributed by atoms with van der Waals surface area (Å²) in [5.41, 5.74) is 4.98. The molecule has 0 radical (unpaired) electrons. The summed E-state index contributed by atoms with van der Waals surface area (Å²) in [6.07, 6.45) is 4.51. The topological polar surface area (TPSA) is 60.2 Å². The molecule has 1 aromatic carbocycles. The second-order valence-corrected chi connectivity index (χ2v) is 5.59. The Kier molecular flexibility index (Phi) is 5.75. The van der Waals surface area contributed by atoms with E-state index < -0.39 is 0 Å². The Morgan fingerprint density at radius 2 is 2.15 bits per heavy atom. The van der Waals surface area contributed by atoms with Crippen LogP contribution in [-0.2, 0) is 0 Å². The minimum absolute atomic E-state index is 0.0965. The highest BCUT2D eigenvalue weighted by atomic mass is 127. The molecule has 3 N–H and O–H groups in total. The van der Waals surface area contributed by atoms with Crippen LogP contribution in [0.15, 0.2) is 42.7 Å². The van der Waals surface area contributed by atoms with Gasteiger partial charge in [-0.05, 0) is 52.3 Å². The van der Waals surface area contributed by atoms with Gasteiger partial charge in [0.15, 0.2) is 0 Å². The first-order chi connectivity index (χ1) is 9.76. The summed E-state index contributed by atoms with van der Waals surface area (Å²) in [5, 5.41) is 0. The summed E-state index contributed by atoms with van der Waals surface area (Å²) in [6, 6.07) is 10.0. The van der Waals surface area contributed by atoms with Crippen molar-refractivity contribution in [2.75, 3.05) is 6.61 Å². The molecule has 0 fully saturated rings. The SMILES string of the molecule is CCCOc1cncc(C(NN)c2ccccc2I)c1. The van der Waals surface area contributed by atoms with Crippen molar-refractivity contribution in [1.29, 1.82) is 0 Å². The predicted molar refractivity (Wildman–Crippen MR) is 88.3 cm³/mol. The number of hydrogen-bond donors (Lipinski definition) is 2. The van der Waals surface area contributed by atoms with Crippen molar-refractivity contribution in [3.63, 3.8) is 0 Å². The van der Waals surface area contributed by atoms with Crippen LogP contribution < -0.4 is 16.0 Å². The van der Waals surface area contributed by atoms with Crippen LogP contribution in [0.2, 0.25) is 0 Å². The Bertz CT molecular complexity index is 562. The molecule has 1 atom stereocenters. The van der Waals surface area contributed by atoms with Crippen LogP contribution in [0.5, 0.6) is 5.75 Å². The maximum Gasteiger partial charge on any atom is 0.137 e. The normalized spacial score (nSPS) is 12.2. The first-order valence-electron chi connectivity index (χ1n) is 6.54. The predicted octanol–water partition coefficient (Wildman–Crippen LogP) is 3.03. The molecule has 5 heteroatoms. The van der Waals surface area contributed by atoms with Gasteiger partial charge in [-0.25, -0.2) is 5.43 Å². The molecule has 1 heterocycles.